The van der Waals surface area contributed by atoms with Gasteiger partial charge in [-0.05, 0) is 19.1 Å². The van der Waals surface area contributed by atoms with Gasteiger partial charge in [-0.25, -0.2) is 8.42 Å². The van der Waals surface area contributed by atoms with E-state index >= 15 is 0 Å². The molecule has 7 nitrogen and oxygen atoms in total. The van der Waals surface area contributed by atoms with Gasteiger partial charge in [0.05, 0.1) is 10.5 Å². The lowest BCUT2D eigenvalue weighted by Crippen LogP contribution is -2.61. The van der Waals surface area contributed by atoms with Crippen LogP contribution in [-0.2, 0) is 10.0 Å². The summed E-state index contributed by atoms with van der Waals surface area (Å²) >= 11 is 11.4. The number of hydrogen-bond donors (Lipinski definition) is 1. The van der Waals surface area contributed by atoms with E-state index in [1.165, 1.54) is 6.92 Å². The summed E-state index contributed by atoms with van der Waals surface area (Å²) in [4.78, 5) is 9.63. The monoisotopic (exact) mass is 340 g/mol. The zero-order chi connectivity index (χ0) is 15.3. The maximum atomic E-state index is 12.3. The summed E-state index contributed by atoms with van der Waals surface area (Å²) in [6, 6.07) is 2.22. The van der Waals surface area contributed by atoms with Gasteiger partial charge in [-0.2, -0.15) is 4.31 Å². The van der Waals surface area contributed by atoms with E-state index in [9.17, 15) is 23.6 Å². The summed E-state index contributed by atoms with van der Waals surface area (Å²) in [6.07, 6.45) is 0. The molecule has 110 valence electrons. The second kappa shape index (κ2) is 4.81. The van der Waals surface area contributed by atoms with Gasteiger partial charge in [0, 0.05) is 13.1 Å². The second-order valence-corrected chi connectivity index (χ2v) is 7.43. The Bertz CT molecular complexity index is 681. The lowest BCUT2D eigenvalue weighted by molar-refractivity contribution is -0.384. The Hall–Kier alpha value is -0.930. The summed E-state index contributed by atoms with van der Waals surface area (Å²) in [7, 11) is -4.00. The van der Waals surface area contributed by atoms with Crippen LogP contribution < -0.4 is 0 Å². The first-order chi connectivity index (χ1) is 9.06. The number of hydrogen-bond acceptors (Lipinski definition) is 5. The predicted molar refractivity (Wildman–Crippen MR) is 72.5 cm³/mol. The smallest absolute Gasteiger partial charge is 0.307 e. The fourth-order valence-electron chi connectivity index (χ4n) is 1.91. The van der Waals surface area contributed by atoms with Crippen LogP contribution in [0.1, 0.15) is 6.92 Å². The Labute approximate surface area is 124 Å². The van der Waals surface area contributed by atoms with Crippen molar-refractivity contribution in [3.8, 4) is 0 Å². The number of aliphatic hydroxyl groups is 1. The third kappa shape index (κ3) is 2.49. The van der Waals surface area contributed by atoms with Crippen molar-refractivity contribution in [2.45, 2.75) is 17.4 Å². The highest BCUT2D eigenvalue weighted by molar-refractivity contribution is 7.89. The molecule has 1 aliphatic rings. The maximum Gasteiger partial charge on any atom is 0.307 e. The average Bonchev–Trinajstić information content (AvgIpc) is 2.24. The first-order valence-electron chi connectivity index (χ1n) is 5.41. The summed E-state index contributed by atoms with van der Waals surface area (Å²) in [5, 5.41) is 19.7. The minimum atomic E-state index is -4.00. The van der Waals surface area contributed by atoms with Crippen LogP contribution in [-0.4, -0.2) is 41.4 Å². The van der Waals surface area contributed by atoms with Crippen LogP contribution in [0.5, 0.6) is 0 Å². The van der Waals surface area contributed by atoms with Crippen molar-refractivity contribution in [1.82, 2.24) is 4.31 Å². The number of β-amino-alcohol motifs (C(OH)–C–C–N with tert-alkyl or cyclic N) is 1. The molecule has 1 aliphatic heterocycles. The van der Waals surface area contributed by atoms with Gasteiger partial charge in [-0.15, -0.1) is 0 Å². The molecule has 0 bridgehead atoms. The highest BCUT2D eigenvalue weighted by atomic mass is 35.5. The minimum absolute atomic E-state index is 0.0952. The molecule has 1 N–H and O–H groups in total. The van der Waals surface area contributed by atoms with Crippen LogP contribution in [0.4, 0.5) is 5.69 Å². The van der Waals surface area contributed by atoms with Crippen molar-refractivity contribution in [3.05, 3.63) is 32.3 Å². The molecule has 1 aromatic carbocycles. The third-order valence-electron chi connectivity index (χ3n) is 2.87. The van der Waals surface area contributed by atoms with Crippen molar-refractivity contribution in [2.24, 2.45) is 0 Å². The normalized spacial score (nSPS) is 18.6. The standard InChI is InChI=1S/C10H10Cl2N2O5S/c1-10(15)4-13(5-10)20(18,19)7-3-2-6(11)9(8(7)12)14(16)17/h2-3,15H,4-5H2,1H3. The molecule has 0 atom stereocenters. The van der Waals surface area contributed by atoms with E-state index in [-0.39, 0.29) is 18.1 Å². The molecule has 2 rings (SSSR count). The number of sulfonamides is 1. The van der Waals surface area contributed by atoms with Gasteiger partial charge in [0.25, 0.3) is 0 Å². The van der Waals surface area contributed by atoms with Gasteiger partial charge in [0.1, 0.15) is 14.9 Å². The summed E-state index contributed by atoms with van der Waals surface area (Å²) in [5.74, 6) is 0. The van der Waals surface area contributed by atoms with E-state index < -0.39 is 36.2 Å². The van der Waals surface area contributed by atoms with Crippen LogP contribution in [0.3, 0.4) is 0 Å². The molecule has 0 aliphatic carbocycles. The van der Waals surface area contributed by atoms with E-state index in [0.29, 0.717) is 0 Å². The summed E-state index contributed by atoms with van der Waals surface area (Å²) in [6.45, 7) is 1.30. The first-order valence-corrected chi connectivity index (χ1v) is 7.61. The molecule has 0 spiro atoms. The van der Waals surface area contributed by atoms with Gasteiger partial charge >= 0.3 is 5.69 Å². The van der Waals surface area contributed by atoms with Crippen molar-refractivity contribution < 1.29 is 18.4 Å². The Morgan fingerprint density at radius 1 is 1.40 bits per heavy atom. The van der Waals surface area contributed by atoms with Crippen molar-refractivity contribution in [3.63, 3.8) is 0 Å². The number of rotatable bonds is 3. The Balaban J connectivity index is 2.49. The molecule has 1 heterocycles. The average molecular weight is 341 g/mol. The highest BCUT2D eigenvalue weighted by Crippen LogP contribution is 2.39. The van der Waals surface area contributed by atoms with Gasteiger partial charge in [-0.3, -0.25) is 10.1 Å². The molecule has 0 saturated carbocycles. The molecular formula is C10H10Cl2N2O5S. The van der Waals surface area contributed by atoms with E-state index in [2.05, 4.69) is 0 Å². The molecule has 1 saturated heterocycles. The van der Waals surface area contributed by atoms with Gasteiger partial charge in [-0.1, -0.05) is 23.2 Å². The Morgan fingerprint density at radius 3 is 2.40 bits per heavy atom. The van der Waals surface area contributed by atoms with Crippen molar-refractivity contribution in [2.75, 3.05) is 13.1 Å². The van der Waals surface area contributed by atoms with Crippen LogP contribution >= 0.6 is 23.2 Å². The Kier molecular flexibility index (Phi) is 3.72. The minimum Gasteiger partial charge on any atom is -0.387 e. The number of nitro benzene ring substituents is 1. The third-order valence-corrected chi connectivity index (χ3v) is 5.50. The number of nitrogens with zero attached hydrogens (tertiary/aromatic N) is 2. The van der Waals surface area contributed by atoms with E-state index in [1.54, 1.807) is 0 Å². The van der Waals surface area contributed by atoms with Crippen LogP contribution in [0.25, 0.3) is 0 Å². The number of nitro groups is 1. The van der Waals surface area contributed by atoms with Crippen molar-refractivity contribution in [1.29, 1.82) is 0 Å². The SMILES string of the molecule is CC1(O)CN(S(=O)(=O)c2ccc(Cl)c([N+](=O)[O-])c2Cl)C1. The second-order valence-electron chi connectivity index (χ2n) is 4.74. The first kappa shape index (κ1) is 15.5. The quantitative estimate of drug-likeness (QED) is 0.666. The van der Waals surface area contributed by atoms with Gasteiger partial charge < -0.3 is 5.11 Å². The Morgan fingerprint density at radius 2 is 1.95 bits per heavy atom. The predicted octanol–water partition coefficient (Wildman–Crippen LogP) is 1.66. The highest BCUT2D eigenvalue weighted by Gasteiger charge is 2.45. The van der Waals surface area contributed by atoms with E-state index in [0.717, 1.165) is 16.4 Å². The lowest BCUT2D eigenvalue weighted by atomic mass is 10.0. The summed E-state index contributed by atoms with van der Waals surface area (Å²) < 4.78 is 25.5. The molecule has 20 heavy (non-hydrogen) atoms. The zero-order valence-corrected chi connectivity index (χ0v) is 12.5. The molecular weight excluding hydrogens is 331 g/mol. The zero-order valence-electron chi connectivity index (χ0n) is 10.2. The fourth-order valence-corrected chi connectivity index (χ4v) is 4.45. The van der Waals surface area contributed by atoms with Crippen LogP contribution in [0, 0.1) is 10.1 Å². The molecule has 1 aromatic rings. The summed E-state index contributed by atoms with van der Waals surface area (Å²) in [5.41, 5.74) is -1.75. The number of benzene rings is 1. The van der Waals surface area contributed by atoms with Crippen molar-refractivity contribution >= 4 is 38.9 Å². The van der Waals surface area contributed by atoms with Crippen LogP contribution in [0.2, 0.25) is 10.0 Å². The van der Waals surface area contributed by atoms with Gasteiger partial charge in [0.15, 0.2) is 0 Å². The fraction of sp³-hybridized carbons (Fsp3) is 0.400. The lowest BCUT2D eigenvalue weighted by Gasteiger charge is -2.42. The molecule has 0 amide bonds. The largest absolute Gasteiger partial charge is 0.387 e. The molecule has 0 radical (unpaired) electrons. The molecule has 0 aromatic heterocycles. The van der Waals surface area contributed by atoms with E-state index in [4.69, 9.17) is 23.2 Å². The maximum absolute atomic E-state index is 12.3. The number of halogens is 2. The topological polar surface area (TPSA) is 101 Å². The molecule has 10 heteroatoms. The molecule has 0 unspecified atom stereocenters. The molecule has 1 fully saturated rings. The van der Waals surface area contributed by atoms with E-state index in [1.807, 2.05) is 0 Å². The van der Waals surface area contributed by atoms with Crippen LogP contribution in [0.15, 0.2) is 17.0 Å². The van der Waals surface area contributed by atoms with Gasteiger partial charge in [0.2, 0.25) is 10.0 Å².